The van der Waals surface area contributed by atoms with Crippen molar-refractivity contribution in [2.24, 2.45) is 0 Å². The van der Waals surface area contributed by atoms with E-state index in [2.05, 4.69) is 26.9 Å². The molecule has 0 unspecified atom stereocenters. The molecule has 0 spiro atoms. The summed E-state index contributed by atoms with van der Waals surface area (Å²) in [5.74, 6) is 0. The van der Waals surface area contributed by atoms with Crippen molar-refractivity contribution < 1.29 is 8.42 Å². The van der Waals surface area contributed by atoms with Crippen molar-refractivity contribution in [2.75, 3.05) is 24.4 Å². The first-order valence-electron chi connectivity index (χ1n) is 11.7. The Morgan fingerprint density at radius 2 is 1.94 bits per heavy atom. The molecule has 5 aromatic rings. The van der Waals surface area contributed by atoms with Gasteiger partial charge in [0, 0.05) is 54.4 Å². The summed E-state index contributed by atoms with van der Waals surface area (Å²) in [4.78, 5) is 15.9. The summed E-state index contributed by atoms with van der Waals surface area (Å²) in [5, 5.41) is 3.62. The van der Waals surface area contributed by atoms with E-state index in [1.165, 1.54) is 20.5 Å². The van der Waals surface area contributed by atoms with Crippen LogP contribution in [-0.2, 0) is 23.0 Å². The Balaban J connectivity index is 1.36. The third-order valence-electron chi connectivity index (χ3n) is 5.92. The number of hydrogen-bond acceptors (Lipinski definition) is 7. The van der Waals surface area contributed by atoms with E-state index in [9.17, 15) is 8.42 Å². The number of nitrogens with one attached hydrogen (secondary N) is 1. The van der Waals surface area contributed by atoms with E-state index in [-0.39, 0.29) is 0 Å². The first-order valence-corrected chi connectivity index (χ1v) is 14.8. The van der Waals surface area contributed by atoms with Crippen molar-refractivity contribution in [3.05, 3.63) is 82.9 Å². The summed E-state index contributed by atoms with van der Waals surface area (Å²) in [6, 6.07) is 17.2. The van der Waals surface area contributed by atoms with E-state index >= 15 is 0 Å². The second kappa shape index (κ2) is 10.5. The number of H-pyrrole nitrogens is 1. The van der Waals surface area contributed by atoms with Crippen LogP contribution in [0.3, 0.4) is 0 Å². The number of fused-ring (bicyclic) bond motifs is 1. The zero-order valence-corrected chi connectivity index (χ0v) is 22.5. The van der Waals surface area contributed by atoms with E-state index < -0.39 is 10.0 Å². The highest BCUT2D eigenvalue weighted by atomic mass is 32.2. The summed E-state index contributed by atoms with van der Waals surface area (Å²) < 4.78 is 28.4. The quantitative estimate of drug-likeness (QED) is 0.249. The topological polar surface area (TPSA) is 82.2 Å². The standard InChI is InChI=1S/C26H27N5O2S3/c1-3-31(36(32,33)24-11-7-15-34-24)23-10-6-8-19-16-22(29-25(19)23)26-28-17-21(35-26)18-30(2)14-12-20-9-4-5-13-27-20/h4-11,13,15-17,29H,3,12,14,18H2,1-2H3. The lowest BCUT2D eigenvalue weighted by Crippen LogP contribution is -2.30. The highest BCUT2D eigenvalue weighted by Crippen LogP contribution is 2.35. The lowest BCUT2D eigenvalue weighted by molar-refractivity contribution is 0.332. The number of aromatic amines is 1. The van der Waals surface area contributed by atoms with Gasteiger partial charge in [0.05, 0.1) is 16.9 Å². The molecule has 186 valence electrons. The number of rotatable bonds is 10. The molecule has 4 heterocycles. The number of benzene rings is 1. The van der Waals surface area contributed by atoms with Crippen LogP contribution in [0.4, 0.5) is 5.69 Å². The SMILES string of the molecule is CCN(c1cccc2cc(-c3ncc(CN(C)CCc4ccccn4)s3)[nH]c12)S(=O)(=O)c1cccs1. The number of pyridine rings is 1. The van der Waals surface area contributed by atoms with Crippen LogP contribution in [0.15, 0.2) is 76.6 Å². The number of thiazole rings is 1. The maximum absolute atomic E-state index is 13.3. The molecular formula is C26H27N5O2S3. The van der Waals surface area contributed by atoms with Crippen LogP contribution in [0.1, 0.15) is 17.5 Å². The molecule has 0 aliphatic carbocycles. The summed E-state index contributed by atoms with van der Waals surface area (Å²) in [7, 11) is -1.53. The van der Waals surface area contributed by atoms with E-state index in [1.54, 1.807) is 28.8 Å². The van der Waals surface area contributed by atoms with Crippen molar-refractivity contribution in [3.8, 4) is 10.7 Å². The van der Waals surface area contributed by atoms with Gasteiger partial charge in [0.1, 0.15) is 9.22 Å². The molecule has 0 aliphatic rings. The summed E-state index contributed by atoms with van der Waals surface area (Å²) >= 11 is 2.87. The van der Waals surface area contributed by atoms with Gasteiger partial charge in [-0.1, -0.05) is 24.3 Å². The fourth-order valence-electron chi connectivity index (χ4n) is 4.15. The average molecular weight is 538 g/mol. The Bertz CT molecular complexity index is 1540. The molecule has 1 N–H and O–H groups in total. The number of nitrogens with zero attached hydrogens (tertiary/aromatic N) is 4. The molecule has 0 bridgehead atoms. The number of hydrogen-bond donors (Lipinski definition) is 1. The van der Waals surface area contributed by atoms with Gasteiger partial charge in [-0.3, -0.25) is 9.29 Å². The van der Waals surface area contributed by atoms with Gasteiger partial charge in [-0.25, -0.2) is 13.4 Å². The highest BCUT2D eigenvalue weighted by Gasteiger charge is 2.26. The van der Waals surface area contributed by atoms with Crippen molar-refractivity contribution in [1.82, 2.24) is 19.9 Å². The Kier molecular flexibility index (Phi) is 7.20. The summed E-state index contributed by atoms with van der Waals surface area (Å²) in [6.45, 7) is 3.90. The molecule has 0 fully saturated rings. The minimum Gasteiger partial charge on any atom is -0.351 e. The predicted molar refractivity (Wildman–Crippen MR) is 148 cm³/mol. The first-order chi connectivity index (χ1) is 17.5. The zero-order valence-electron chi connectivity index (χ0n) is 20.1. The number of sulfonamides is 1. The van der Waals surface area contributed by atoms with Crippen LogP contribution in [0, 0.1) is 0 Å². The summed E-state index contributed by atoms with van der Waals surface area (Å²) in [5.41, 5.74) is 3.40. The smallest absolute Gasteiger partial charge is 0.273 e. The lowest BCUT2D eigenvalue weighted by atomic mass is 10.2. The van der Waals surface area contributed by atoms with Crippen molar-refractivity contribution in [2.45, 2.75) is 24.1 Å². The Morgan fingerprint density at radius 1 is 1.06 bits per heavy atom. The molecule has 0 saturated carbocycles. The average Bonchev–Trinajstić information content (AvgIpc) is 3.65. The van der Waals surface area contributed by atoms with E-state index in [4.69, 9.17) is 0 Å². The molecule has 1 aromatic carbocycles. The molecule has 0 radical (unpaired) electrons. The Hall–Kier alpha value is -3.05. The van der Waals surface area contributed by atoms with E-state index in [0.717, 1.165) is 46.8 Å². The van der Waals surface area contributed by atoms with Gasteiger partial charge >= 0.3 is 0 Å². The van der Waals surface area contributed by atoms with Gasteiger partial charge in [0.2, 0.25) is 0 Å². The third kappa shape index (κ3) is 5.08. The van der Waals surface area contributed by atoms with Gasteiger partial charge in [-0.2, -0.15) is 0 Å². The van der Waals surface area contributed by atoms with Gasteiger partial charge in [0.25, 0.3) is 10.0 Å². The number of thiophene rings is 1. The molecule has 0 saturated heterocycles. The normalized spacial score (nSPS) is 12.0. The van der Waals surface area contributed by atoms with Gasteiger partial charge < -0.3 is 9.88 Å². The minimum absolute atomic E-state index is 0.333. The summed E-state index contributed by atoms with van der Waals surface area (Å²) in [6.07, 6.45) is 4.65. The predicted octanol–water partition coefficient (Wildman–Crippen LogP) is 5.64. The van der Waals surface area contributed by atoms with Crippen LogP contribution in [-0.4, -0.2) is 48.4 Å². The molecule has 5 rings (SSSR count). The second-order valence-corrected chi connectivity index (χ2v) is 12.6. The van der Waals surface area contributed by atoms with E-state index in [1.807, 2.05) is 61.8 Å². The largest absolute Gasteiger partial charge is 0.351 e. The number of aromatic nitrogens is 3. The fraction of sp³-hybridized carbons (Fsp3) is 0.231. The molecular weight excluding hydrogens is 511 g/mol. The zero-order chi connectivity index (χ0) is 25.1. The molecule has 10 heteroatoms. The molecule has 7 nitrogen and oxygen atoms in total. The van der Waals surface area contributed by atoms with Crippen molar-refractivity contribution in [3.63, 3.8) is 0 Å². The van der Waals surface area contributed by atoms with Crippen LogP contribution in [0.25, 0.3) is 21.6 Å². The van der Waals surface area contributed by atoms with Crippen LogP contribution >= 0.6 is 22.7 Å². The first kappa shape index (κ1) is 24.6. The molecule has 0 atom stereocenters. The third-order valence-corrected chi connectivity index (χ3v) is 10.2. The Morgan fingerprint density at radius 3 is 2.69 bits per heavy atom. The van der Waals surface area contributed by atoms with Crippen LogP contribution in [0.2, 0.25) is 0 Å². The fourth-order valence-corrected chi connectivity index (χ4v) is 7.71. The number of likely N-dealkylation sites (N-methyl/N-ethyl adjacent to an activating group) is 1. The maximum atomic E-state index is 13.3. The maximum Gasteiger partial charge on any atom is 0.273 e. The Labute approximate surface area is 219 Å². The van der Waals surface area contributed by atoms with Gasteiger partial charge in [-0.05, 0) is 49.7 Å². The molecule has 0 aliphatic heterocycles. The monoisotopic (exact) mass is 537 g/mol. The van der Waals surface area contributed by atoms with Crippen molar-refractivity contribution >= 4 is 49.3 Å². The molecule has 36 heavy (non-hydrogen) atoms. The number of anilines is 1. The second-order valence-electron chi connectivity index (χ2n) is 8.47. The number of para-hydroxylation sites is 1. The minimum atomic E-state index is -3.63. The van der Waals surface area contributed by atoms with Gasteiger partial charge in [0.15, 0.2) is 0 Å². The van der Waals surface area contributed by atoms with Gasteiger partial charge in [-0.15, -0.1) is 22.7 Å². The van der Waals surface area contributed by atoms with Crippen LogP contribution < -0.4 is 4.31 Å². The van der Waals surface area contributed by atoms with Crippen LogP contribution in [0.5, 0.6) is 0 Å². The van der Waals surface area contributed by atoms with Crippen molar-refractivity contribution in [1.29, 1.82) is 0 Å². The lowest BCUT2D eigenvalue weighted by Gasteiger charge is -2.22. The van der Waals surface area contributed by atoms with E-state index in [0.29, 0.717) is 16.4 Å². The highest BCUT2D eigenvalue weighted by molar-refractivity contribution is 7.94. The molecule has 4 aromatic heterocycles. The molecule has 0 amide bonds.